The molecule has 33 heavy (non-hydrogen) atoms. The van der Waals surface area contributed by atoms with E-state index in [1.165, 1.54) is 0 Å². The number of halogens is 1. The summed E-state index contributed by atoms with van der Waals surface area (Å²) < 4.78 is 9.04. The normalized spacial score (nSPS) is 15.7. The Balaban J connectivity index is 1.35. The molecule has 1 saturated heterocycles. The molecule has 8 nitrogen and oxygen atoms in total. The van der Waals surface area contributed by atoms with Crippen molar-refractivity contribution in [1.82, 2.24) is 19.4 Å². The number of hydrogen-bond donors (Lipinski definition) is 2. The van der Waals surface area contributed by atoms with Gasteiger partial charge in [0, 0.05) is 54.7 Å². The zero-order chi connectivity index (χ0) is 22.9. The van der Waals surface area contributed by atoms with E-state index < -0.39 is 0 Å². The summed E-state index contributed by atoms with van der Waals surface area (Å²) >= 11 is 3.45. The average Bonchev–Trinajstić information content (AvgIpc) is 3.38. The summed E-state index contributed by atoms with van der Waals surface area (Å²) in [7, 11) is 1.96. The number of aromatic nitrogens is 3. The average molecular weight is 507 g/mol. The van der Waals surface area contributed by atoms with E-state index in [0.29, 0.717) is 30.3 Å². The van der Waals surface area contributed by atoms with Crippen molar-refractivity contribution in [3.8, 4) is 11.5 Å². The molecule has 1 fully saturated rings. The van der Waals surface area contributed by atoms with Crippen LogP contribution in [0.25, 0.3) is 11.0 Å². The van der Waals surface area contributed by atoms with Crippen LogP contribution in [-0.2, 0) is 7.05 Å². The largest absolute Gasteiger partial charge is 0.457 e. The number of ether oxygens (including phenoxy) is 1. The van der Waals surface area contributed by atoms with Gasteiger partial charge in [0.25, 0.3) is 5.91 Å². The summed E-state index contributed by atoms with van der Waals surface area (Å²) in [4.78, 5) is 23.4. The molecule has 1 atom stereocenters. The van der Waals surface area contributed by atoms with Gasteiger partial charge in [0.15, 0.2) is 0 Å². The molecule has 168 valence electrons. The molecule has 4 aromatic rings. The molecule has 2 aromatic heterocycles. The third-order valence-corrected chi connectivity index (χ3v) is 6.18. The Bertz CT molecular complexity index is 1320. The Morgan fingerprint density at radius 3 is 2.70 bits per heavy atom. The van der Waals surface area contributed by atoms with Gasteiger partial charge in [0.2, 0.25) is 5.95 Å². The Kier molecular flexibility index (Phi) is 5.74. The van der Waals surface area contributed by atoms with E-state index in [0.717, 1.165) is 33.6 Å². The highest BCUT2D eigenvalue weighted by Crippen LogP contribution is 2.28. The van der Waals surface area contributed by atoms with Crippen LogP contribution in [0, 0.1) is 0 Å². The molecule has 5 rings (SSSR count). The minimum Gasteiger partial charge on any atom is -0.457 e. The smallest absolute Gasteiger partial charge is 0.272 e. The van der Waals surface area contributed by atoms with Crippen molar-refractivity contribution >= 4 is 44.5 Å². The first-order valence-electron chi connectivity index (χ1n) is 10.6. The van der Waals surface area contributed by atoms with Crippen LogP contribution in [0.1, 0.15) is 16.9 Å². The lowest BCUT2D eigenvalue weighted by Crippen LogP contribution is -2.32. The Hall–Kier alpha value is -3.43. The molecule has 3 heterocycles. The molecule has 3 N–H and O–H groups in total. The Labute approximate surface area is 199 Å². The van der Waals surface area contributed by atoms with Crippen molar-refractivity contribution in [2.75, 3.05) is 18.4 Å². The molecule has 0 radical (unpaired) electrons. The van der Waals surface area contributed by atoms with Gasteiger partial charge in [0.1, 0.15) is 17.2 Å². The van der Waals surface area contributed by atoms with Crippen molar-refractivity contribution in [2.45, 2.75) is 12.5 Å². The zero-order valence-corrected chi connectivity index (χ0v) is 19.6. The predicted octanol–water partition coefficient (Wildman–Crippen LogP) is 4.44. The molecule has 2 aromatic carbocycles. The number of nitrogens with two attached hydrogens (primary N) is 1. The maximum Gasteiger partial charge on any atom is 0.272 e. The molecule has 1 aliphatic heterocycles. The highest BCUT2D eigenvalue weighted by atomic mass is 79.9. The first-order valence-corrected chi connectivity index (χ1v) is 11.4. The van der Waals surface area contributed by atoms with E-state index in [1.54, 1.807) is 23.2 Å². The van der Waals surface area contributed by atoms with E-state index in [2.05, 4.69) is 26.2 Å². The maximum absolute atomic E-state index is 12.7. The summed E-state index contributed by atoms with van der Waals surface area (Å²) in [5, 5.41) is 3.34. The van der Waals surface area contributed by atoms with Gasteiger partial charge in [-0.15, -0.1) is 0 Å². The number of benzene rings is 2. The third kappa shape index (κ3) is 4.55. The Morgan fingerprint density at radius 2 is 1.94 bits per heavy atom. The van der Waals surface area contributed by atoms with Crippen molar-refractivity contribution < 1.29 is 9.53 Å². The number of carbonyl (C=O) groups is 1. The lowest BCUT2D eigenvalue weighted by Gasteiger charge is -2.15. The van der Waals surface area contributed by atoms with E-state index in [9.17, 15) is 4.79 Å². The summed E-state index contributed by atoms with van der Waals surface area (Å²) in [6.45, 7) is 1.21. The second-order valence-corrected chi connectivity index (χ2v) is 8.97. The lowest BCUT2D eigenvalue weighted by atomic mass is 10.3. The quantitative estimate of drug-likeness (QED) is 0.415. The maximum atomic E-state index is 12.7. The van der Waals surface area contributed by atoms with Gasteiger partial charge in [-0.2, -0.15) is 0 Å². The Morgan fingerprint density at radius 1 is 1.15 bits per heavy atom. The minimum atomic E-state index is -0.128. The fourth-order valence-electron chi connectivity index (χ4n) is 3.88. The third-order valence-electron chi connectivity index (χ3n) is 5.65. The number of hydrogen-bond acceptors (Lipinski definition) is 6. The van der Waals surface area contributed by atoms with Crippen LogP contribution in [0.15, 0.2) is 65.3 Å². The molecule has 9 heteroatoms. The number of nitrogens with one attached hydrogen (secondary N) is 1. The van der Waals surface area contributed by atoms with Crippen molar-refractivity contribution in [2.24, 2.45) is 12.8 Å². The molecular weight excluding hydrogens is 484 g/mol. The van der Waals surface area contributed by atoms with Gasteiger partial charge >= 0.3 is 0 Å². The number of anilines is 2. The van der Waals surface area contributed by atoms with Crippen molar-refractivity contribution in [3.05, 3.63) is 71.0 Å². The highest BCUT2D eigenvalue weighted by molar-refractivity contribution is 9.10. The number of amides is 1. The van der Waals surface area contributed by atoms with Crippen LogP contribution in [0.5, 0.6) is 11.5 Å². The van der Waals surface area contributed by atoms with E-state index >= 15 is 0 Å². The van der Waals surface area contributed by atoms with Gasteiger partial charge in [-0.1, -0.05) is 15.9 Å². The number of likely N-dealkylation sites (tertiary alicyclic amines) is 1. The topological polar surface area (TPSA) is 98.3 Å². The number of carbonyl (C=O) groups excluding carboxylic acids is 1. The summed E-state index contributed by atoms with van der Waals surface area (Å²) in [5.41, 5.74) is 8.99. The highest BCUT2D eigenvalue weighted by Gasteiger charge is 2.25. The first kappa shape index (κ1) is 21.4. The number of rotatable bonds is 5. The van der Waals surface area contributed by atoms with E-state index in [1.807, 2.05) is 54.1 Å². The zero-order valence-electron chi connectivity index (χ0n) is 18.0. The van der Waals surface area contributed by atoms with Gasteiger partial charge in [0.05, 0.1) is 11.0 Å². The van der Waals surface area contributed by atoms with Crippen LogP contribution in [0.3, 0.4) is 0 Å². The van der Waals surface area contributed by atoms with Crippen LogP contribution in [0.2, 0.25) is 0 Å². The number of nitrogens with zero attached hydrogens (tertiary/aromatic N) is 4. The van der Waals surface area contributed by atoms with Crippen LogP contribution in [0.4, 0.5) is 11.6 Å². The van der Waals surface area contributed by atoms with Crippen molar-refractivity contribution in [3.63, 3.8) is 0 Å². The molecule has 1 aliphatic rings. The van der Waals surface area contributed by atoms with Gasteiger partial charge in [-0.05, 0) is 48.9 Å². The second-order valence-electron chi connectivity index (χ2n) is 8.06. The summed E-state index contributed by atoms with van der Waals surface area (Å²) in [6, 6.07) is 17.1. The van der Waals surface area contributed by atoms with E-state index in [4.69, 9.17) is 15.5 Å². The molecule has 1 amide bonds. The fraction of sp³-hybridized carbons (Fsp3) is 0.208. The molecular formula is C24H23BrN6O2. The minimum absolute atomic E-state index is 0.0293. The number of aryl methyl sites for hydroxylation is 1. The number of pyridine rings is 1. The summed E-state index contributed by atoms with van der Waals surface area (Å²) in [6.07, 6.45) is 2.39. The summed E-state index contributed by atoms with van der Waals surface area (Å²) in [5.74, 6) is 1.77. The monoisotopic (exact) mass is 506 g/mol. The van der Waals surface area contributed by atoms with Gasteiger partial charge in [-0.25, -0.2) is 4.98 Å². The number of imidazole rings is 1. The number of fused-ring (bicyclic) bond motifs is 1. The molecule has 1 unspecified atom stereocenters. The van der Waals surface area contributed by atoms with Gasteiger partial charge in [-0.3, -0.25) is 9.78 Å². The fourth-order valence-corrected chi connectivity index (χ4v) is 4.14. The van der Waals surface area contributed by atoms with Crippen LogP contribution >= 0.6 is 15.9 Å². The molecule has 0 bridgehead atoms. The molecule has 0 saturated carbocycles. The predicted molar refractivity (Wildman–Crippen MR) is 131 cm³/mol. The van der Waals surface area contributed by atoms with Gasteiger partial charge < -0.3 is 25.3 Å². The van der Waals surface area contributed by atoms with E-state index in [-0.39, 0.29) is 11.9 Å². The van der Waals surface area contributed by atoms with Crippen LogP contribution in [-0.4, -0.2) is 44.5 Å². The lowest BCUT2D eigenvalue weighted by molar-refractivity contribution is 0.0784. The van der Waals surface area contributed by atoms with Crippen molar-refractivity contribution in [1.29, 1.82) is 0 Å². The molecule has 0 spiro atoms. The molecule has 0 aliphatic carbocycles. The SMILES string of the molecule is Cn1c(Nc2ccc(Br)cc2)nc2cc(Oc3ccnc(C(=O)N4CCC(N)C4)c3)ccc21. The standard InChI is InChI=1S/C24H23BrN6O2/c1-30-22-7-6-18(12-20(22)29-24(30)28-17-4-2-15(25)3-5-17)33-19-8-10-27-21(13-19)23(32)31-11-9-16(26)14-31/h2-8,10,12-13,16H,9,11,14,26H2,1H3,(H,28,29). The second kappa shape index (κ2) is 8.84. The first-order chi connectivity index (χ1) is 16.0. The van der Waals surface area contributed by atoms with Crippen LogP contribution < -0.4 is 15.8 Å².